The second-order valence-electron chi connectivity index (χ2n) is 4.98. The molecule has 1 aliphatic rings. The summed E-state index contributed by atoms with van der Waals surface area (Å²) in [6.45, 7) is 0. The minimum Gasteiger partial charge on any atom is -0.324 e. The van der Waals surface area contributed by atoms with Gasteiger partial charge in [-0.15, -0.1) is 0 Å². The maximum absolute atomic E-state index is 6.40. The van der Waals surface area contributed by atoms with Gasteiger partial charge in [-0.05, 0) is 42.5 Å². The summed E-state index contributed by atoms with van der Waals surface area (Å²) in [6.07, 6.45) is 7.88. The lowest BCUT2D eigenvalue weighted by molar-refractivity contribution is 0.382. The van der Waals surface area contributed by atoms with Crippen LogP contribution in [0.1, 0.15) is 50.1 Å². The molecule has 0 spiro atoms. The van der Waals surface area contributed by atoms with Gasteiger partial charge in [0, 0.05) is 15.5 Å². The van der Waals surface area contributed by atoms with Crippen LogP contribution < -0.4 is 5.73 Å². The molecule has 0 aliphatic heterocycles. The van der Waals surface area contributed by atoms with Crippen molar-refractivity contribution >= 4 is 27.5 Å². The van der Waals surface area contributed by atoms with E-state index in [1.54, 1.807) is 0 Å². The first-order valence-electron chi connectivity index (χ1n) is 6.38. The first-order valence-corrected chi connectivity index (χ1v) is 7.55. The van der Waals surface area contributed by atoms with E-state index in [9.17, 15) is 0 Å². The third-order valence-corrected chi connectivity index (χ3v) is 4.35. The summed E-state index contributed by atoms with van der Waals surface area (Å²) in [4.78, 5) is 0. The highest BCUT2D eigenvalue weighted by molar-refractivity contribution is 9.10. The van der Waals surface area contributed by atoms with Gasteiger partial charge in [0.15, 0.2) is 0 Å². The van der Waals surface area contributed by atoms with Gasteiger partial charge in [-0.2, -0.15) is 0 Å². The van der Waals surface area contributed by atoms with Gasteiger partial charge >= 0.3 is 0 Å². The van der Waals surface area contributed by atoms with E-state index < -0.39 is 0 Å². The highest BCUT2D eigenvalue weighted by Gasteiger charge is 2.21. The van der Waals surface area contributed by atoms with Gasteiger partial charge in [-0.25, -0.2) is 0 Å². The topological polar surface area (TPSA) is 26.0 Å². The lowest BCUT2D eigenvalue weighted by atomic mass is 9.88. The minimum atomic E-state index is 0.128. The average molecular weight is 317 g/mol. The van der Waals surface area contributed by atoms with Gasteiger partial charge in [0.1, 0.15) is 0 Å². The lowest BCUT2D eigenvalue weighted by Gasteiger charge is -2.23. The number of nitrogens with two attached hydrogens (primary N) is 1. The Hall–Kier alpha value is -0.0500. The normalized spacial score (nSPS) is 19.9. The van der Waals surface area contributed by atoms with Crippen molar-refractivity contribution in [2.24, 2.45) is 11.7 Å². The highest BCUT2D eigenvalue weighted by Crippen LogP contribution is 2.33. The molecule has 0 radical (unpaired) electrons. The summed E-state index contributed by atoms with van der Waals surface area (Å²) in [6, 6.07) is 6.14. The van der Waals surface area contributed by atoms with E-state index in [0.717, 1.165) is 15.1 Å². The molecule has 0 bridgehead atoms. The van der Waals surface area contributed by atoms with Crippen LogP contribution in [0.2, 0.25) is 5.02 Å². The van der Waals surface area contributed by atoms with Gasteiger partial charge in [0.25, 0.3) is 0 Å². The first kappa shape index (κ1) is 13.4. The number of hydrogen-bond acceptors (Lipinski definition) is 1. The summed E-state index contributed by atoms with van der Waals surface area (Å²) in [5.74, 6) is 0.614. The van der Waals surface area contributed by atoms with E-state index >= 15 is 0 Å². The highest BCUT2D eigenvalue weighted by atomic mass is 79.9. The van der Waals surface area contributed by atoms with Crippen LogP contribution in [-0.4, -0.2) is 0 Å². The number of rotatable bonds is 2. The SMILES string of the molecule is NC(c1cc(Cl)cc(Br)c1)C1CCCCCC1. The van der Waals surface area contributed by atoms with Crippen LogP contribution in [0, 0.1) is 5.92 Å². The molecule has 0 heterocycles. The molecular formula is C14H19BrClN. The second kappa shape index (κ2) is 6.21. The van der Waals surface area contributed by atoms with Gasteiger partial charge in [-0.1, -0.05) is 53.2 Å². The van der Waals surface area contributed by atoms with E-state index in [4.69, 9.17) is 17.3 Å². The van der Waals surface area contributed by atoms with E-state index in [-0.39, 0.29) is 6.04 Å². The second-order valence-corrected chi connectivity index (χ2v) is 6.33. The zero-order chi connectivity index (χ0) is 12.3. The fourth-order valence-electron chi connectivity index (χ4n) is 2.71. The summed E-state index contributed by atoms with van der Waals surface area (Å²) >= 11 is 9.56. The van der Waals surface area contributed by atoms with Crippen molar-refractivity contribution in [3.8, 4) is 0 Å². The van der Waals surface area contributed by atoms with Crippen LogP contribution in [0.5, 0.6) is 0 Å². The third kappa shape index (κ3) is 3.70. The molecule has 2 N–H and O–H groups in total. The van der Waals surface area contributed by atoms with E-state index in [1.807, 2.05) is 12.1 Å². The predicted molar refractivity (Wildman–Crippen MR) is 77.3 cm³/mol. The quantitative estimate of drug-likeness (QED) is 0.757. The standard InChI is InChI=1S/C14H19BrClN/c15-12-7-11(8-13(16)9-12)14(17)10-5-3-1-2-4-6-10/h7-10,14H,1-6,17H2. The van der Waals surface area contributed by atoms with Crippen molar-refractivity contribution in [2.75, 3.05) is 0 Å². The Labute approximate surface area is 117 Å². The third-order valence-electron chi connectivity index (χ3n) is 3.68. The molecule has 0 aromatic heterocycles. The van der Waals surface area contributed by atoms with E-state index in [1.165, 1.54) is 38.5 Å². The Morgan fingerprint density at radius 1 is 1.12 bits per heavy atom. The molecule has 1 aromatic rings. The zero-order valence-corrected chi connectivity index (χ0v) is 12.3. The van der Waals surface area contributed by atoms with Crippen molar-refractivity contribution < 1.29 is 0 Å². The Morgan fingerprint density at radius 3 is 2.35 bits per heavy atom. The molecule has 0 saturated heterocycles. The van der Waals surface area contributed by atoms with Gasteiger partial charge < -0.3 is 5.73 Å². The number of benzene rings is 1. The van der Waals surface area contributed by atoms with Crippen LogP contribution in [0.15, 0.2) is 22.7 Å². The molecule has 94 valence electrons. The fourth-order valence-corrected chi connectivity index (χ4v) is 3.60. The molecule has 0 amide bonds. The molecule has 1 nitrogen and oxygen atoms in total. The smallest absolute Gasteiger partial charge is 0.0420 e. The van der Waals surface area contributed by atoms with Crippen LogP contribution in [-0.2, 0) is 0 Å². The molecule has 1 fully saturated rings. The zero-order valence-electron chi connectivity index (χ0n) is 9.96. The molecule has 2 rings (SSSR count). The summed E-state index contributed by atoms with van der Waals surface area (Å²) in [5.41, 5.74) is 7.56. The van der Waals surface area contributed by atoms with Crippen molar-refractivity contribution in [3.05, 3.63) is 33.3 Å². The molecule has 1 atom stereocenters. The Balaban J connectivity index is 2.14. The van der Waals surface area contributed by atoms with Crippen LogP contribution >= 0.6 is 27.5 Å². The van der Waals surface area contributed by atoms with Gasteiger partial charge in [-0.3, -0.25) is 0 Å². The Morgan fingerprint density at radius 2 is 1.76 bits per heavy atom. The molecular weight excluding hydrogens is 298 g/mol. The average Bonchev–Trinajstić information content (AvgIpc) is 2.55. The molecule has 1 unspecified atom stereocenters. The monoisotopic (exact) mass is 315 g/mol. The summed E-state index contributed by atoms with van der Waals surface area (Å²) in [7, 11) is 0. The van der Waals surface area contributed by atoms with Crippen molar-refractivity contribution in [1.29, 1.82) is 0 Å². The molecule has 17 heavy (non-hydrogen) atoms. The summed E-state index contributed by atoms with van der Waals surface area (Å²) < 4.78 is 1.02. The lowest BCUT2D eigenvalue weighted by Crippen LogP contribution is -2.21. The molecule has 3 heteroatoms. The van der Waals surface area contributed by atoms with Crippen molar-refractivity contribution in [3.63, 3.8) is 0 Å². The number of halogens is 2. The van der Waals surface area contributed by atoms with Gasteiger partial charge in [0.2, 0.25) is 0 Å². The number of hydrogen-bond donors (Lipinski definition) is 1. The van der Waals surface area contributed by atoms with Crippen LogP contribution in [0.25, 0.3) is 0 Å². The van der Waals surface area contributed by atoms with Crippen LogP contribution in [0.4, 0.5) is 0 Å². The van der Waals surface area contributed by atoms with Crippen molar-refractivity contribution in [2.45, 2.75) is 44.6 Å². The maximum atomic E-state index is 6.40. The summed E-state index contributed by atoms with van der Waals surface area (Å²) in [5, 5.41) is 0.762. The fraction of sp³-hybridized carbons (Fsp3) is 0.571. The van der Waals surface area contributed by atoms with E-state index in [0.29, 0.717) is 5.92 Å². The predicted octanol–water partition coefficient (Wildman–Crippen LogP) is 5.07. The Bertz CT molecular complexity index is 352. The molecule has 1 saturated carbocycles. The molecule has 1 aliphatic carbocycles. The Kier molecular flexibility index (Phi) is 4.89. The minimum absolute atomic E-state index is 0.128. The van der Waals surface area contributed by atoms with Crippen molar-refractivity contribution in [1.82, 2.24) is 0 Å². The van der Waals surface area contributed by atoms with Gasteiger partial charge in [0.05, 0.1) is 0 Å². The maximum Gasteiger partial charge on any atom is 0.0420 e. The largest absolute Gasteiger partial charge is 0.324 e. The van der Waals surface area contributed by atoms with E-state index in [2.05, 4.69) is 22.0 Å². The first-order chi connectivity index (χ1) is 8.16. The molecule has 1 aromatic carbocycles. The van der Waals surface area contributed by atoms with Crippen LogP contribution in [0.3, 0.4) is 0 Å².